The van der Waals surface area contributed by atoms with Crippen LogP contribution < -0.4 is 10.1 Å². The number of guanidine groups is 1. The van der Waals surface area contributed by atoms with Crippen molar-refractivity contribution >= 4 is 15.8 Å². The maximum absolute atomic E-state index is 13.8. The fourth-order valence-electron chi connectivity index (χ4n) is 2.63. The van der Waals surface area contributed by atoms with Crippen molar-refractivity contribution < 1.29 is 17.5 Å². The van der Waals surface area contributed by atoms with E-state index in [0.717, 1.165) is 17.4 Å². The highest BCUT2D eigenvalue weighted by molar-refractivity contribution is 7.91. The van der Waals surface area contributed by atoms with Crippen molar-refractivity contribution in [2.45, 2.75) is 18.4 Å². The summed E-state index contributed by atoms with van der Waals surface area (Å²) in [6.07, 6.45) is 0. The minimum atomic E-state index is -3.74. The molecule has 0 saturated heterocycles. The molecule has 0 aliphatic carbocycles. The molecule has 0 radical (unpaired) electrons. The number of methoxy groups -OCH3 is 1. The van der Waals surface area contributed by atoms with E-state index >= 15 is 0 Å². The van der Waals surface area contributed by atoms with Gasteiger partial charge in [-0.15, -0.1) is 0 Å². The molecule has 0 bridgehead atoms. The fourth-order valence-corrected chi connectivity index (χ4v) is 3.83. The zero-order valence-corrected chi connectivity index (χ0v) is 17.2. The predicted octanol–water partition coefficient (Wildman–Crippen LogP) is 2.71. The van der Waals surface area contributed by atoms with Gasteiger partial charge in [0.25, 0.3) is 0 Å². The van der Waals surface area contributed by atoms with Crippen LogP contribution in [0, 0.1) is 5.82 Å². The molecule has 0 fully saturated rings. The minimum absolute atomic E-state index is 0.0337. The van der Waals surface area contributed by atoms with E-state index in [-0.39, 0.29) is 17.2 Å². The Bertz CT molecular complexity index is 899. The quantitative estimate of drug-likeness (QED) is 0.538. The van der Waals surface area contributed by atoms with Gasteiger partial charge in [0.05, 0.1) is 19.4 Å². The summed E-state index contributed by atoms with van der Waals surface area (Å²) in [6.45, 7) is 3.21. The van der Waals surface area contributed by atoms with Gasteiger partial charge in [-0.1, -0.05) is 24.3 Å². The van der Waals surface area contributed by atoms with Gasteiger partial charge in [-0.05, 0) is 36.8 Å². The summed E-state index contributed by atoms with van der Waals surface area (Å²) in [7, 11) is -0.247. The maximum Gasteiger partial charge on any atom is 0.193 e. The molecule has 152 valence electrons. The van der Waals surface area contributed by atoms with E-state index in [1.165, 1.54) is 18.2 Å². The molecule has 0 aliphatic heterocycles. The summed E-state index contributed by atoms with van der Waals surface area (Å²) >= 11 is 0. The molecule has 8 heteroatoms. The van der Waals surface area contributed by atoms with Crippen LogP contribution in [0.5, 0.6) is 5.75 Å². The molecule has 0 aromatic heterocycles. The standard InChI is InChI=1S/C20H26FN3O3S/c1-4-22-20(24(2)15-16-9-11-17(27-3)12-10-16)23-13-14-28(25,26)19-8-6-5-7-18(19)21/h5-12H,4,13-15H2,1-3H3,(H,22,23). The number of sulfone groups is 1. The third-order valence-corrected chi connectivity index (χ3v) is 5.79. The Balaban J connectivity index is 2.05. The molecule has 2 aromatic carbocycles. The van der Waals surface area contributed by atoms with E-state index in [1.54, 1.807) is 7.11 Å². The molecular weight excluding hydrogens is 381 g/mol. The van der Waals surface area contributed by atoms with Crippen LogP contribution in [0.25, 0.3) is 0 Å². The van der Waals surface area contributed by atoms with E-state index in [9.17, 15) is 12.8 Å². The van der Waals surface area contributed by atoms with Gasteiger partial charge in [-0.2, -0.15) is 0 Å². The van der Waals surface area contributed by atoms with E-state index in [1.807, 2.05) is 43.1 Å². The molecule has 2 rings (SSSR count). The number of benzene rings is 2. The maximum atomic E-state index is 13.8. The molecule has 2 aromatic rings. The Kier molecular flexibility index (Phi) is 7.80. The summed E-state index contributed by atoms with van der Waals surface area (Å²) < 4.78 is 43.6. The van der Waals surface area contributed by atoms with E-state index in [2.05, 4.69) is 10.3 Å². The van der Waals surface area contributed by atoms with E-state index in [0.29, 0.717) is 19.0 Å². The molecular formula is C20H26FN3O3S. The number of ether oxygens (including phenoxy) is 1. The molecule has 0 spiro atoms. The average Bonchev–Trinajstić information content (AvgIpc) is 2.68. The molecule has 0 unspecified atom stereocenters. The normalized spacial score (nSPS) is 11.9. The van der Waals surface area contributed by atoms with Crippen LogP contribution in [-0.4, -0.2) is 52.3 Å². The van der Waals surface area contributed by atoms with Gasteiger partial charge >= 0.3 is 0 Å². The number of rotatable bonds is 8. The van der Waals surface area contributed by atoms with Crippen molar-refractivity contribution in [3.8, 4) is 5.75 Å². The number of nitrogens with one attached hydrogen (secondary N) is 1. The highest BCUT2D eigenvalue weighted by Crippen LogP contribution is 2.15. The molecule has 28 heavy (non-hydrogen) atoms. The van der Waals surface area contributed by atoms with E-state index < -0.39 is 15.7 Å². The van der Waals surface area contributed by atoms with Gasteiger partial charge < -0.3 is 15.0 Å². The van der Waals surface area contributed by atoms with Crippen LogP contribution in [0.1, 0.15) is 12.5 Å². The largest absolute Gasteiger partial charge is 0.497 e. The third kappa shape index (κ3) is 5.95. The summed E-state index contributed by atoms with van der Waals surface area (Å²) in [6, 6.07) is 13.1. The molecule has 0 aliphatic rings. The molecule has 0 saturated carbocycles. The van der Waals surface area contributed by atoms with Gasteiger partial charge in [0.1, 0.15) is 16.5 Å². The Morgan fingerprint density at radius 1 is 1.18 bits per heavy atom. The first-order valence-corrected chi connectivity index (χ1v) is 10.6. The number of hydrogen-bond acceptors (Lipinski definition) is 4. The van der Waals surface area contributed by atoms with Crippen LogP contribution in [0.2, 0.25) is 0 Å². The molecule has 0 amide bonds. The highest BCUT2D eigenvalue weighted by atomic mass is 32.2. The fraction of sp³-hybridized carbons (Fsp3) is 0.350. The van der Waals surface area contributed by atoms with Crippen molar-refractivity contribution in [3.05, 3.63) is 59.9 Å². The van der Waals surface area contributed by atoms with Crippen LogP contribution in [0.15, 0.2) is 58.4 Å². The second kappa shape index (κ2) is 10.1. The first kappa shape index (κ1) is 21.7. The van der Waals surface area contributed by atoms with Crippen LogP contribution in [-0.2, 0) is 16.4 Å². The van der Waals surface area contributed by atoms with Gasteiger partial charge in [-0.3, -0.25) is 4.99 Å². The van der Waals surface area contributed by atoms with Crippen LogP contribution in [0.4, 0.5) is 4.39 Å². The Hall–Kier alpha value is -2.61. The summed E-state index contributed by atoms with van der Waals surface area (Å²) in [5.41, 5.74) is 1.06. The van der Waals surface area contributed by atoms with Crippen molar-refractivity contribution in [1.29, 1.82) is 0 Å². The monoisotopic (exact) mass is 407 g/mol. The lowest BCUT2D eigenvalue weighted by Gasteiger charge is -2.22. The lowest BCUT2D eigenvalue weighted by Crippen LogP contribution is -2.38. The molecule has 1 N–H and O–H groups in total. The van der Waals surface area contributed by atoms with Crippen molar-refractivity contribution in [2.24, 2.45) is 4.99 Å². The van der Waals surface area contributed by atoms with Crippen LogP contribution >= 0.6 is 0 Å². The topological polar surface area (TPSA) is 71.0 Å². The van der Waals surface area contributed by atoms with Gasteiger partial charge in [-0.25, -0.2) is 12.8 Å². The van der Waals surface area contributed by atoms with Gasteiger partial charge in [0.15, 0.2) is 15.8 Å². The zero-order chi connectivity index (χ0) is 20.6. The smallest absolute Gasteiger partial charge is 0.193 e. The number of hydrogen-bond donors (Lipinski definition) is 1. The lowest BCUT2D eigenvalue weighted by atomic mass is 10.2. The van der Waals surface area contributed by atoms with Crippen molar-refractivity contribution in [2.75, 3.05) is 33.0 Å². The Labute approximate surface area is 166 Å². The molecule has 0 heterocycles. The van der Waals surface area contributed by atoms with Crippen molar-refractivity contribution in [3.63, 3.8) is 0 Å². The number of halogens is 1. The second-order valence-electron chi connectivity index (χ2n) is 6.19. The van der Waals surface area contributed by atoms with Gasteiger partial charge in [0, 0.05) is 20.1 Å². The summed E-state index contributed by atoms with van der Waals surface area (Å²) in [5, 5.41) is 3.14. The Morgan fingerprint density at radius 2 is 1.86 bits per heavy atom. The second-order valence-corrected chi connectivity index (χ2v) is 8.27. The summed E-state index contributed by atoms with van der Waals surface area (Å²) in [4.78, 5) is 6.00. The Morgan fingerprint density at radius 3 is 2.46 bits per heavy atom. The SMILES string of the molecule is CCNC(=NCCS(=O)(=O)c1ccccc1F)N(C)Cc1ccc(OC)cc1. The number of aliphatic imine (C=N–C) groups is 1. The lowest BCUT2D eigenvalue weighted by molar-refractivity contribution is 0.414. The van der Waals surface area contributed by atoms with E-state index in [4.69, 9.17) is 4.74 Å². The molecule has 6 nitrogen and oxygen atoms in total. The summed E-state index contributed by atoms with van der Waals surface area (Å²) in [5.74, 6) is 0.363. The number of nitrogens with zero attached hydrogens (tertiary/aromatic N) is 2. The zero-order valence-electron chi connectivity index (χ0n) is 16.4. The third-order valence-electron chi connectivity index (χ3n) is 4.07. The van der Waals surface area contributed by atoms with Crippen LogP contribution in [0.3, 0.4) is 0 Å². The highest BCUT2D eigenvalue weighted by Gasteiger charge is 2.18. The predicted molar refractivity (Wildman–Crippen MR) is 109 cm³/mol. The first-order valence-electron chi connectivity index (χ1n) is 8.97. The van der Waals surface area contributed by atoms with Crippen molar-refractivity contribution in [1.82, 2.24) is 10.2 Å². The van der Waals surface area contributed by atoms with Gasteiger partial charge in [0.2, 0.25) is 0 Å². The average molecular weight is 408 g/mol. The molecule has 0 atom stereocenters. The first-order chi connectivity index (χ1) is 13.4. The minimum Gasteiger partial charge on any atom is -0.497 e.